The number of aromatic nitrogens is 2. The molecule has 0 saturated carbocycles. The minimum absolute atomic E-state index is 0.0162. The molecule has 0 unspecified atom stereocenters. The molecular weight excluding hydrogens is 339 g/mol. The van der Waals surface area contributed by atoms with Crippen molar-refractivity contribution in [3.05, 3.63) is 70.3 Å². The number of halogens is 1. The second-order valence-electron chi connectivity index (χ2n) is 5.26. The van der Waals surface area contributed by atoms with Crippen LogP contribution in [-0.4, -0.2) is 14.9 Å². The van der Waals surface area contributed by atoms with E-state index in [4.69, 9.17) is 11.0 Å². The third-order valence-corrected chi connectivity index (χ3v) is 3.51. The number of hydrogen-bond donors (Lipinski definition) is 2. The second-order valence-corrected chi connectivity index (χ2v) is 5.26. The van der Waals surface area contributed by atoms with Gasteiger partial charge < -0.3 is 11.1 Å². The maximum Gasteiger partial charge on any atom is 0.270 e. The van der Waals surface area contributed by atoms with Crippen LogP contribution in [0.4, 0.5) is 27.4 Å². The summed E-state index contributed by atoms with van der Waals surface area (Å²) in [6, 6.07) is 10.6. The number of hydrogen-bond acceptors (Lipinski definition) is 7. The van der Waals surface area contributed by atoms with Gasteiger partial charge in [-0.1, -0.05) is 12.1 Å². The summed E-state index contributed by atoms with van der Waals surface area (Å²) in [4.78, 5) is 18.3. The predicted octanol–water partition coefficient (Wildman–Crippen LogP) is 3.39. The molecule has 0 aliphatic rings. The molecule has 0 bridgehead atoms. The minimum Gasteiger partial charge on any atom is -0.381 e. The number of rotatable bonds is 4. The first-order valence-electron chi connectivity index (χ1n) is 7.31. The van der Waals surface area contributed by atoms with Gasteiger partial charge in [-0.3, -0.25) is 15.1 Å². The topological polar surface area (TPSA) is 131 Å². The molecule has 9 heteroatoms. The summed E-state index contributed by atoms with van der Waals surface area (Å²) in [7, 11) is 0. The summed E-state index contributed by atoms with van der Waals surface area (Å²) < 4.78 is 13.4. The van der Waals surface area contributed by atoms with Gasteiger partial charge in [-0.05, 0) is 17.7 Å². The van der Waals surface area contributed by atoms with E-state index < -0.39 is 10.7 Å². The first kappa shape index (κ1) is 16.8. The molecule has 0 spiro atoms. The molecule has 3 rings (SSSR count). The number of nitriles is 1. The van der Waals surface area contributed by atoms with Crippen molar-refractivity contribution in [2.24, 2.45) is 0 Å². The highest BCUT2D eigenvalue weighted by Crippen LogP contribution is 2.27. The fourth-order valence-corrected chi connectivity index (χ4v) is 2.29. The van der Waals surface area contributed by atoms with Gasteiger partial charge >= 0.3 is 0 Å². The molecule has 26 heavy (non-hydrogen) atoms. The van der Waals surface area contributed by atoms with E-state index in [9.17, 15) is 14.5 Å². The molecular formula is C17H11FN6O2. The van der Waals surface area contributed by atoms with E-state index in [1.165, 1.54) is 18.3 Å². The lowest BCUT2D eigenvalue weighted by Crippen LogP contribution is -2.03. The average Bonchev–Trinajstić information content (AvgIpc) is 2.65. The van der Waals surface area contributed by atoms with Crippen molar-refractivity contribution in [1.82, 2.24) is 9.97 Å². The molecule has 0 amide bonds. The molecule has 128 valence electrons. The Balaban J connectivity index is 1.96. The van der Waals surface area contributed by atoms with Gasteiger partial charge in [0.25, 0.3) is 5.69 Å². The Morgan fingerprint density at radius 2 is 2.04 bits per heavy atom. The Kier molecular flexibility index (Phi) is 4.40. The molecule has 2 heterocycles. The van der Waals surface area contributed by atoms with Crippen molar-refractivity contribution in [1.29, 1.82) is 5.26 Å². The number of nitrogens with two attached hydrogens (primary N) is 1. The van der Waals surface area contributed by atoms with Crippen LogP contribution >= 0.6 is 0 Å². The molecule has 3 aromatic rings. The minimum atomic E-state index is -0.782. The van der Waals surface area contributed by atoms with Crippen molar-refractivity contribution < 1.29 is 9.31 Å². The predicted molar refractivity (Wildman–Crippen MR) is 92.9 cm³/mol. The average molecular weight is 350 g/mol. The van der Waals surface area contributed by atoms with Crippen molar-refractivity contribution in [2.45, 2.75) is 0 Å². The molecule has 0 aliphatic heterocycles. The molecule has 3 N–H and O–H groups in total. The van der Waals surface area contributed by atoms with E-state index in [2.05, 4.69) is 15.3 Å². The van der Waals surface area contributed by atoms with E-state index in [1.807, 2.05) is 6.07 Å². The van der Waals surface area contributed by atoms with Gasteiger partial charge in [0.2, 0.25) is 0 Å². The van der Waals surface area contributed by atoms with Gasteiger partial charge in [0.05, 0.1) is 22.4 Å². The lowest BCUT2D eigenvalue weighted by Gasteiger charge is -2.10. The summed E-state index contributed by atoms with van der Waals surface area (Å²) >= 11 is 0. The summed E-state index contributed by atoms with van der Waals surface area (Å²) in [5, 5.41) is 22.9. The Labute approximate surface area is 146 Å². The fraction of sp³-hybridized carbons (Fsp3) is 0. The standard InChI is InChI=1S/C17H11FN6O2/c18-15-6-11(7-19)17(23-16(15)20)22-13-4-12(8-21-9-13)10-2-1-3-14(5-10)24(25)26/h1-6,8-9H,(H3,20,22,23). The molecule has 0 aliphatic carbocycles. The highest BCUT2D eigenvalue weighted by Gasteiger charge is 2.12. The van der Waals surface area contributed by atoms with E-state index in [0.29, 0.717) is 16.8 Å². The molecule has 0 atom stereocenters. The first-order chi connectivity index (χ1) is 12.5. The highest BCUT2D eigenvalue weighted by molar-refractivity contribution is 5.72. The number of nitro groups is 1. The molecule has 0 fully saturated rings. The Morgan fingerprint density at radius 3 is 2.77 bits per heavy atom. The highest BCUT2D eigenvalue weighted by atomic mass is 19.1. The number of nitro benzene ring substituents is 1. The number of nitrogens with zero attached hydrogens (tertiary/aromatic N) is 4. The Bertz CT molecular complexity index is 1050. The molecule has 0 radical (unpaired) electrons. The van der Waals surface area contributed by atoms with Crippen LogP contribution in [-0.2, 0) is 0 Å². The Morgan fingerprint density at radius 1 is 1.23 bits per heavy atom. The van der Waals surface area contributed by atoms with Crippen LogP contribution in [0.1, 0.15) is 5.56 Å². The Hall–Kier alpha value is -4.06. The van der Waals surface area contributed by atoms with E-state index in [1.54, 1.807) is 24.4 Å². The number of benzene rings is 1. The van der Waals surface area contributed by atoms with Crippen molar-refractivity contribution in [3.63, 3.8) is 0 Å². The van der Waals surface area contributed by atoms with Crippen molar-refractivity contribution in [2.75, 3.05) is 11.1 Å². The monoisotopic (exact) mass is 350 g/mol. The van der Waals surface area contributed by atoms with Gasteiger partial charge in [-0.15, -0.1) is 0 Å². The number of nitrogens with one attached hydrogen (secondary N) is 1. The number of nitrogen functional groups attached to an aromatic ring is 1. The van der Waals surface area contributed by atoms with Crippen LogP contribution in [0.15, 0.2) is 48.8 Å². The fourth-order valence-electron chi connectivity index (χ4n) is 2.29. The zero-order valence-corrected chi connectivity index (χ0v) is 13.2. The molecule has 2 aromatic heterocycles. The maximum atomic E-state index is 13.4. The SMILES string of the molecule is N#Cc1cc(F)c(N)nc1Nc1cncc(-c2cccc([N+](=O)[O-])c2)c1. The number of anilines is 3. The number of pyridine rings is 2. The van der Waals surface area contributed by atoms with Crippen LogP contribution in [0.5, 0.6) is 0 Å². The lowest BCUT2D eigenvalue weighted by molar-refractivity contribution is -0.384. The van der Waals surface area contributed by atoms with Crippen LogP contribution in [0.25, 0.3) is 11.1 Å². The zero-order chi connectivity index (χ0) is 18.7. The van der Waals surface area contributed by atoms with E-state index in [0.717, 1.165) is 6.07 Å². The maximum absolute atomic E-state index is 13.4. The van der Waals surface area contributed by atoms with Gasteiger partial charge in [0.1, 0.15) is 6.07 Å². The summed E-state index contributed by atoms with van der Waals surface area (Å²) in [5.41, 5.74) is 7.07. The summed E-state index contributed by atoms with van der Waals surface area (Å²) in [5.74, 6) is -1.03. The largest absolute Gasteiger partial charge is 0.381 e. The quantitative estimate of drug-likeness (QED) is 0.544. The summed E-state index contributed by atoms with van der Waals surface area (Å²) in [6.45, 7) is 0. The molecule has 8 nitrogen and oxygen atoms in total. The van der Waals surface area contributed by atoms with Crippen molar-refractivity contribution in [3.8, 4) is 17.2 Å². The second kappa shape index (κ2) is 6.82. The summed E-state index contributed by atoms with van der Waals surface area (Å²) in [6.07, 6.45) is 3.02. The zero-order valence-electron chi connectivity index (χ0n) is 13.2. The smallest absolute Gasteiger partial charge is 0.270 e. The van der Waals surface area contributed by atoms with Gasteiger partial charge in [0, 0.05) is 23.9 Å². The van der Waals surface area contributed by atoms with Crippen LogP contribution in [0.2, 0.25) is 0 Å². The van der Waals surface area contributed by atoms with Gasteiger partial charge in [-0.2, -0.15) is 5.26 Å². The van der Waals surface area contributed by atoms with Crippen LogP contribution in [0.3, 0.4) is 0 Å². The van der Waals surface area contributed by atoms with E-state index in [-0.39, 0.29) is 22.9 Å². The molecule has 0 saturated heterocycles. The van der Waals surface area contributed by atoms with Crippen LogP contribution < -0.4 is 11.1 Å². The number of non-ortho nitro benzene ring substituents is 1. The lowest BCUT2D eigenvalue weighted by atomic mass is 10.1. The van der Waals surface area contributed by atoms with Gasteiger partial charge in [0.15, 0.2) is 17.5 Å². The third-order valence-electron chi connectivity index (χ3n) is 3.51. The third kappa shape index (κ3) is 3.39. The van der Waals surface area contributed by atoms with Gasteiger partial charge in [-0.25, -0.2) is 9.37 Å². The first-order valence-corrected chi connectivity index (χ1v) is 7.31. The normalized spacial score (nSPS) is 10.2. The van der Waals surface area contributed by atoms with E-state index >= 15 is 0 Å². The van der Waals surface area contributed by atoms with Crippen LogP contribution in [0, 0.1) is 27.3 Å². The molecule has 1 aromatic carbocycles. The van der Waals surface area contributed by atoms with Crippen molar-refractivity contribution >= 4 is 23.0 Å².